The van der Waals surface area contributed by atoms with Gasteiger partial charge in [-0.25, -0.2) is 0 Å². The predicted molar refractivity (Wildman–Crippen MR) is 75.1 cm³/mol. The highest BCUT2D eigenvalue weighted by Crippen LogP contribution is 2.14. The van der Waals surface area contributed by atoms with Crippen LogP contribution in [0, 0.1) is 13.8 Å². The maximum atomic E-state index is 11.7. The van der Waals surface area contributed by atoms with Gasteiger partial charge in [0.2, 0.25) is 0 Å². The number of nitrogen functional groups attached to an aromatic ring is 1. The average molecular weight is 279 g/mol. The predicted octanol–water partition coefficient (Wildman–Crippen LogP) is 1.93. The van der Waals surface area contributed by atoms with Crippen molar-refractivity contribution in [2.45, 2.75) is 26.8 Å². The highest BCUT2D eigenvalue weighted by molar-refractivity contribution is 7.07. The standard InChI is InChI=1S/C13H17N3O2S/c1-9-13(14)10(2)16(15-9)7-12(17)18-5-3-11-4-6-19-8-11/h4,6,8H,3,5,7,14H2,1-2H3. The highest BCUT2D eigenvalue weighted by atomic mass is 32.1. The molecule has 2 aromatic rings. The summed E-state index contributed by atoms with van der Waals surface area (Å²) in [6.45, 7) is 4.16. The number of rotatable bonds is 5. The molecule has 0 spiro atoms. The van der Waals surface area contributed by atoms with Crippen LogP contribution in [0.2, 0.25) is 0 Å². The van der Waals surface area contributed by atoms with Gasteiger partial charge < -0.3 is 10.5 Å². The zero-order valence-electron chi connectivity index (χ0n) is 11.0. The van der Waals surface area contributed by atoms with Gasteiger partial charge >= 0.3 is 5.97 Å². The Morgan fingerprint density at radius 2 is 2.32 bits per heavy atom. The number of esters is 1. The van der Waals surface area contributed by atoms with Gasteiger partial charge in [-0.15, -0.1) is 0 Å². The summed E-state index contributed by atoms with van der Waals surface area (Å²) in [5, 5.41) is 8.26. The monoisotopic (exact) mass is 279 g/mol. The second-order valence-corrected chi connectivity index (χ2v) is 5.12. The lowest BCUT2D eigenvalue weighted by atomic mass is 10.3. The van der Waals surface area contributed by atoms with Gasteiger partial charge in [-0.2, -0.15) is 16.4 Å². The van der Waals surface area contributed by atoms with Crippen molar-refractivity contribution in [3.05, 3.63) is 33.8 Å². The summed E-state index contributed by atoms with van der Waals surface area (Å²) in [4.78, 5) is 11.7. The van der Waals surface area contributed by atoms with Crippen LogP contribution in [0.15, 0.2) is 16.8 Å². The summed E-state index contributed by atoms with van der Waals surface area (Å²) in [7, 11) is 0. The molecule has 0 saturated heterocycles. The van der Waals surface area contributed by atoms with Crippen molar-refractivity contribution in [3.8, 4) is 0 Å². The van der Waals surface area contributed by atoms with Gasteiger partial charge in [0.25, 0.3) is 0 Å². The molecule has 0 fully saturated rings. The molecule has 19 heavy (non-hydrogen) atoms. The molecule has 5 nitrogen and oxygen atoms in total. The third-order valence-electron chi connectivity index (χ3n) is 2.95. The first-order chi connectivity index (χ1) is 9.08. The van der Waals surface area contributed by atoms with Crippen LogP contribution in [0.3, 0.4) is 0 Å². The van der Waals surface area contributed by atoms with Crippen molar-refractivity contribution in [1.82, 2.24) is 9.78 Å². The second kappa shape index (κ2) is 5.88. The topological polar surface area (TPSA) is 70.1 Å². The van der Waals surface area contributed by atoms with Gasteiger partial charge in [0.1, 0.15) is 6.54 Å². The number of ether oxygens (including phenoxy) is 1. The van der Waals surface area contributed by atoms with Gasteiger partial charge in [0.15, 0.2) is 0 Å². The second-order valence-electron chi connectivity index (χ2n) is 4.34. The minimum absolute atomic E-state index is 0.105. The SMILES string of the molecule is Cc1nn(CC(=O)OCCc2ccsc2)c(C)c1N. The maximum Gasteiger partial charge on any atom is 0.327 e. The Morgan fingerprint density at radius 1 is 1.53 bits per heavy atom. The third kappa shape index (κ3) is 3.35. The van der Waals surface area contributed by atoms with Crippen LogP contribution in [-0.2, 0) is 22.5 Å². The summed E-state index contributed by atoms with van der Waals surface area (Å²) in [6, 6.07) is 2.03. The lowest BCUT2D eigenvalue weighted by Crippen LogP contribution is -2.17. The van der Waals surface area contributed by atoms with Crippen LogP contribution in [-0.4, -0.2) is 22.4 Å². The molecule has 2 aromatic heterocycles. The van der Waals surface area contributed by atoms with Gasteiger partial charge in [0.05, 0.1) is 23.7 Å². The molecule has 0 amide bonds. The number of aryl methyl sites for hydroxylation is 1. The lowest BCUT2D eigenvalue weighted by molar-refractivity contribution is -0.144. The number of anilines is 1. The quantitative estimate of drug-likeness (QED) is 0.849. The minimum atomic E-state index is -0.291. The Bertz CT molecular complexity index is 561. The Kier molecular flexibility index (Phi) is 4.21. The Balaban J connectivity index is 1.82. The van der Waals surface area contributed by atoms with E-state index < -0.39 is 0 Å². The fourth-order valence-electron chi connectivity index (χ4n) is 1.75. The maximum absolute atomic E-state index is 11.7. The number of nitrogens with two attached hydrogens (primary N) is 1. The molecule has 0 unspecified atom stereocenters. The van der Waals surface area contributed by atoms with E-state index in [1.807, 2.05) is 25.3 Å². The van der Waals surface area contributed by atoms with Crippen LogP contribution < -0.4 is 5.73 Å². The number of thiophene rings is 1. The van der Waals surface area contributed by atoms with E-state index in [1.165, 1.54) is 5.56 Å². The van der Waals surface area contributed by atoms with Crippen molar-refractivity contribution in [3.63, 3.8) is 0 Å². The van der Waals surface area contributed by atoms with E-state index in [1.54, 1.807) is 16.0 Å². The van der Waals surface area contributed by atoms with Crippen LogP contribution in [0.1, 0.15) is 17.0 Å². The van der Waals surface area contributed by atoms with Crippen LogP contribution in [0.25, 0.3) is 0 Å². The van der Waals surface area contributed by atoms with Gasteiger partial charge in [-0.3, -0.25) is 9.48 Å². The molecule has 0 saturated carbocycles. The highest BCUT2D eigenvalue weighted by Gasteiger charge is 2.12. The first-order valence-corrected chi connectivity index (χ1v) is 6.98. The van der Waals surface area contributed by atoms with E-state index in [9.17, 15) is 4.79 Å². The van der Waals surface area contributed by atoms with Gasteiger partial charge in [-0.05, 0) is 36.2 Å². The van der Waals surface area contributed by atoms with Crippen molar-refractivity contribution in [2.24, 2.45) is 0 Å². The smallest absolute Gasteiger partial charge is 0.327 e. The fraction of sp³-hybridized carbons (Fsp3) is 0.385. The van der Waals surface area contributed by atoms with E-state index >= 15 is 0 Å². The molecule has 0 aromatic carbocycles. The minimum Gasteiger partial charge on any atom is -0.464 e. The zero-order chi connectivity index (χ0) is 13.8. The zero-order valence-corrected chi connectivity index (χ0v) is 11.9. The molecule has 0 bridgehead atoms. The molecule has 2 N–H and O–H groups in total. The number of aromatic nitrogens is 2. The van der Waals surface area contributed by atoms with E-state index in [2.05, 4.69) is 10.5 Å². The molecule has 0 aliphatic rings. The Morgan fingerprint density at radius 3 is 2.89 bits per heavy atom. The van der Waals surface area contributed by atoms with Crippen molar-refractivity contribution in [1.29, 1.82) is 0 Å². The van der Waals surface area contributed by atoms with E-state index in [-0.39, 0.29) is 12.5 Å². The summed E-state index contributed by atoms with van der Waals surface area (Å²) >= 11 is 1.64. The summed E-state index contributed by atoms with van der Waals surface area (Å²) in [5.41, 5.74) is 9.16. The van der Waals surface area contributed by atoms with E-state index in [0.29, 0.717) is 12.3 Å². The van der Waals surface area contributed by atoms with Crippen molar-refractivity contribution in [2.75, 3.05) is 12.3 Å². The van der Waals surface area contributed by atoms with Gasteiger partial charge in [-0.1, -0.05) is 0 Å². The number of hydrogen-bond acceptors (Lipinski definition) is 5. The van der Waals surface area contributed by atoms with Crippen molar-refractivity contribution < 1.29 is 9.53 Å². The van der Waals surface area contributed by atoms with Crippen LogP contribution in [0.4, 0.5) is 5.69 Å². The molecule has 2 rings (SSSR count). The fourth-order valence-corrected chi connectivity index (χ4v) is 2.45. The molecular weight excluding hydrogens is 262 g/mol. The van der Waals surface area contributed by atoms with Crippen LogP contribution in [0.5, 0.6) is 0 Å². The van der Waals surface area contributed by atoms with Crippen molar-refractivity contribution >= 4 is 23.0 Å². The average Bonchev–Trinajstić information content (AvgIpc) is 2.96. The van der Waals surface area contributed by atoms with Gasteiger partial charge in [0, 0.05) is 6.42 Å². The molecular formula is C13H17N3O2S. The van der Waals surface area contributed by atoms with E-state index in [4.69, 9.17) is 10.5 Å². The normalized spacial score (nSPS) is 10.6. The number of hydrogen-bond donors (Lipinski definition) is 1. The number of carbonyl (C=O) groups is 1. The molecule has 0 aliphatic heterocycles. The number of nitrogens with zero attached hydrogens (tertiary/aromatic N) is 2. The lowest BCUT2D eigenvalue weighted by Gasteiger charge is -2.05. The summed E-state index contributed by atoms with van der Waals surface area (Å²) in [5.74, 6) is -0.291. The Hall–Kier alpha value is -1.82. The molecule has 0 aliphatic carbocycles. The first-order valence-electron chi connectivity index (χ1n) is 6.04. The third-order valence-corrected chi connectivity index (χ3v) is 3.68. The molecule has 6 heteroatoms. The summed E-state index contributed by atoms with van der Waals surface area (Å²) in [6.07, 6.45) is 0.745. The number of carbonyl (C=O) groups excluding carboxylic acids is 1. The molecule has 102 valence electrons. The first kappa shape index (κ1) is 13.6. The summed E-state index contributed by atoms with van der Waals surface area (Å²) < 4.78 is 6.77. The molecule has 0 radical (unpaired) electrons. The van der Waals surface area contributed by atoms with E-state index in [0.717, 1.165) is 17.8 Å². The molecule has 0 atom stereocenters. The van der Waals surface area contributed by atoms with Crippen LogP contribution >= 0.6 is 11.3 Å². The largest absolute Gasteiger partial charge is 0.464 e. The Labute approximate surface area is 116 Å². The molecule has 2 heterocycles.